The molecule has 0 radical (unpaired) electrons. The number of hydrogen-bond donors (Lipinski definition) is 2. The topological polar surface area (TPSA) is 76.7 Å². The van der Waals surface area contributed by atoms with Gasteiger partial charge in [0.15, 0.2) is 5.78 Å². The van der Waals surface area contributed by atoms with Crippen LogP contribution in [0.2, 0.25) is 0 Å². The van der Waals surface area contributed by atoms with Crippen LogP contribution in [0.4, 0.5) is 4.79 Å². The van der Waals surface area contributed by atoms with Crippen LogP contribution in [0.15, 0.2) is 84.9 Å². The van der Waals surface area contributed by atoms with Crippen LogP contribution in [-0.4, -0.2) is 36.6 Å². The highest BCUT2D eigenvalue weighted by Crippen LogP contribution is 2.17. The van der Waals surface area contributed by atoms with Gasteiger partial charge in [0.25, 0.3) is 0 Å². The largest absolute Gasteiger partial charge is 0.489 e. The maximum absolute atomic E-state index is 13.6. The summed E-state index contributed by atoms with van der Waals surface area (Å²) in [6, 6.07) is 26.2. The summed E-state index contributed by atoms with van der Waals surface area (Å²) in [5, 5.41) is 5.92. The standard InChI is InChI=1S/C30H36N2O4/c1-30(2,3)36-29(34)32-27(28(33)26(31-4)19-22-11-7-5-8-12-22)20-23-15-17-25(18-16-23)35-21-24-13-9-6-10-14-24/h5-18,26-27,31H,19-21H2,1-4H3,(H,32,34)/t26?,27-/m0/s1. The van der Waals surface area contributed by atoms with E-state index >= 15 is 0 Å². The van der Waals surface area contributed by atoms with Gasteiger partial charge in [-0.1, -0.05) is 72.8 Å². The van der Waals surface area contributed by atoms with Crippen LogP contribution in [-0.2, 0) is 29.0 Å². The molecular formula is C30H36N2O4. The van der Waals surface area contributed by atoms with Gasteiger partial charge >= 0.3 is 6.09 Å². The summed E-state index contributed by atoms with van der Waals surface area (Å²) in [6.45, 7) is 5.86. The number of ketones is 1. The van der Waals surface area contributed by atoms with Crippen molar-refractivity contribution in [3.05, 3.63) is 102 Å². The molecule has 3 aromatic carbocycles. The average Bonchev–Trinajstić information content (AvgIpc) is 2.86. The fourth-order valence-electron chi connectivity index (χ4n) is 3.81. The number of alkyl carbamates (subject to hydrolysis) is 1. The summed E-state index contributed by atoms with van der Waals surface area (Å²) >= 11 is 0. The summed E-state index contributed by atoms with van der Waals surface area (Å²) in [4.78, 5) is 26.1. The number of rotatable bonds is 11. The molecule has 0 saturated carbocycles. The lowest BCUT2D eigenvalue weighted by Crippen LogP contribution is -2.51. The van der Waals surface area contributed by atoms with Crippen molar-refractivity contribution in [2.24, 2.45) is 0 Å². The highest BCUT2D eigenvalue weighted by molar-refractivity contribution is 5.92. The van der Waals surface area contributed by atoms with Crippen LogP contribution in [0.1, 0.15) is 37.5 Å². The van der Waals surface area contributed by atoms with E-state index in [0.717, 1.165) is 22.4 Å². The average molecular weight is 489 g/mol. The smallest absolute Gasteiger partial charge is 0.408 e. The van der Waals surface area contributed by atoms with Crippen molar-refractivity contribution < 1.29 is 19.1 Å². The number of carbonyl (C=O) groups excluding carboxylic acids is 2. The molecule has 6 heteroatoms. The minimum Gasteiger partial charge on any atom is -0.489 e. The minimum atomic E-state index is -0.753. The van der Waals surface area contributed by atoms with E-state index in [4.69, 9.17) is 9.47 Å². The molecule has 0 aliphatic heterocycles. The summed E-state index contributed by atoms with van der Waals surface area (Å²) in [5.74, 6) is 0.638. The molecule has 0 aromatic heterocycles. The summed E-state index contributed by atoms with van der Waals surface area (Å²) in [6.07, 6.45) is 0.247. The van der Waals surface area contributed by atoms with Crippen LogP contribution >= 0.6 is 0 Å². The predicted molar refractivity (Wildman–Crippen MR) is 142 cm³/mol. The Labute approximate surface area is 214 Å². The lowest BCUT2D eigenvalue weighted by Gasteiger charge is -2.26. The summed E-state index contributed by atoms with van der Waals surface area (Å²) in [7, 11) is 1.76. The molecule has 1 amide bonds. The van der Waals surface area contributed by atoms with Gasteiger partial charge in [-0.25, -0.2) is 4.79 Å². The molecule has 3 rings (SSSR count). The Kier molecular flexibility index (Phi) is 9.65. The predicted octanol–water partition coefficient (Wildman–Crippen LogP) is 5.10. The Morgan fingerprint density at radius 3 is 1.83 bits per heavy atom. The molecule has 0 aliphatic rings. The summed E-state index contributed by atoms with van der Waals surface area (Å²) in [5.41, 5.74) is 2.37. The van der Waals surface area contributed by atoms with Gasteiger partial charge in [-0.15, -0.1) is 0 Å². The molecule has 2 N–H and O–H groups in total. The van der Waals surface area contributed by atoms with Gasteiger partial charge in [-0.3, -0.25) is 4.79 Å². The molecule has 0 spiro atoms. The first-order valence-corrected chi connectivity index (χ1v) is 12.2. The van der Waals surface area contributed by atoms with E-state index in [-0.39, 0.29) is 5.78 Å². The molecule has 2 atom stereocenters. The molecular weight excluding hydrogens is 452 g/mol. The quantitative estimate of drug-likeness (QED) is 0.393. The zero-order chi connectivity index (χ0) is 26.0. The second kappa shape index (κ2) is 12.9. The molecule has 190 valence electrons. The van der Waals surface area contributed by atoms with E-state index in [9.17, 15) is 9.59 Å². The molecule has 0 bridgehead atoms. The second-order valence-electron chi connectivity index (χ2n) is 9.75. The SMILES string of the molecule is CNC(Cc1ccccc1)C(=O)[C@H](Cc1ccc(OCc2ccccc2)cc1)NC(=O)OC(C)(C)C. The van der Waals surface area contributed by atoms with Gasteiger partial charge in [0.1, 0.15) is 18.0 Å². The highest BCUT2D eigenvalue weighted by Gasteiger charge is 2.29. The van der Waals surface area contributed by atoms with Crippen LogP contribution in [0, 0.1) is 0 Å². The van der Waals surface area contributed by atoms with Crippen molar-refractivity contribution in [3.63, 3.8) is 0 Å². The number of Topliss-reactive ketones (excluding diaryl/α,β-unsaturated/α-hetero) is 1. The Morgan fingerprint density at radius 2 is 1.28 bits per heavy atom. The van der Waals surface area contributed by atoms with Gasteiger partial charge in [0.2, 0.25) is 0 Å². The van der Waals surface area contributed by atoms with Crippen LogP contribution in [0.5, 0.6) is 5.75 Å². The first-order chi connectivity index (χ1) is 17.2. The lowest BCUT2D eigenvalue weighted by molar-refractivity contribution is -0.123. The first-order valence-electron chi connectivity index (χ1n) is 12.2. The van der Waals surface area contributed by atoms with Gasteiger partial charge in [-0.2, -0.15) is 0 Å². The molecule has 0 fully saturated rings. The van der Waals surface area contributed by atoms with E-state index in [0.29, 0.717) is 19.4 Å². The third-order valence-corrected chi connectivity index (χ3v) is 5.62. The van der Waals surface area contributed by atoms with Gasteiger partial charge in [-0.05, 0) is 69.5 Å². The number of hydrogen-bond acceptors (Lipinski definition) is 5. The zero-order valence-corrected chi connectivity index (χ0v) is 21.5. The second-order valence-corrected chi connectivity index (χ2v) is 9.75. The monoisotopic (exact) mass is 488 g/mol. The van der Waals surface area contributed by atoms with E-state index in [1.54, 1.807) is 27.8 Å². The van der Waals surface area contributed by atoms with Gasteiger partial charge < -0.3 is 20.1 Å². The third kappa shape index (κ3) is 8.86. The number of amides is 1. The van der Waals surface area contributed by atoms with Crippen molar-refractivity contribution in [2.45, 2.75) is 57.9 Å². The molecule has 0 heterocycles. The number of likely N-dealkylation sites (N-methyl/N-ethyl adjacent to an activating group) is 1. The highest BCUT2D eigenvalue weighted by atomic mass is 16.6. The maximum atomic E-state index is 13.6. The Hall–Kier alpha value is -3.64. The van der Waals surface area contributed by atoms with Crippen molar-refractivity contribution in [1.29, 1.82) is 0 Å². The van der Waals surface area contributed by atoms with E-state index in [2.05, 4.69) is 10.6 Å². The number of carbonyl (C=O) groups is 2. The number of nitrogens with one attached hydrogen (secondary N) is 2. The summed E-state index contributed by atoms with van der Waals surface area (Å²) < 4.78 is 11.3. The van der Waals surface area contributed by atoms with Crippen molar-refractivity contribution in [2.75, 3.05) is 7.05 Å². The fraction of sp³-hybridized carbons (Fsp3) is 0.333. The normalized spacial score (nSPS) is 12.9. The van der Waals surface area contributed by atoms with Crippen molar-refractivity contribution in [3.8, 4) is 5.75 Å². The maximum Gasteiger partial charge on any atom is 0.408 e. The molecule has 36 heavy (non-hydrogen) atoms. The molecule has 6 nitrogen and oxygen atoms in total. The molecule has 3 aromatic rings. The van der Waals surface area contributed by atoms with Crippen LogP contribution < -0.4 is 15.4 Å². The molecule has 1 unspecified atom stereocenters. The third-order valence-electron chi connectivity index (χ3n) is 5.62. The Morgan fingerprint density at radius 1 is 0.750 bits per heavy atom. The number of benzene rings is 3. The van der Waals surface area contributed by atoms with Crippen LogP contribution in [0.3, 0.4) is 0 Å². The number of ether oxygens (including phenoxy) is 2. The first kappa shape index (κ1) is 27.0. The van der Waals surface area contributed by atoms with Gasteiger partial charge in [0, 0.05) is 0 Å². The molecule has 0 aliphatic carbocycles. The van der Waals surface area contributed by atoms with E-state index in [1.165, 1.54) is 0 Å². The minimum absolute atomic E-state index is 0.100. The van der Waals surface area contributed by atoms with E-state index in [1.807, 2.05) is 84.9 Å². The van der Waals surface area contributed by atoms with Gasteiger partial charge in [0.05, 0.1) is 12.1 Å². The zero-order valence-electron chi connectivity index (χ0n) is 21.5. The van der Waals surface area contributed by atoms with Crippen LogP contribution in [0.25, 0.3) is 0 Å². The Balaban J connectivity index is 1.71. The van der Waals surface area contributed by atoms with Crippen molar-refractivity contribution >= 4 is 11.9 Å². The fourth-order valence-corrected chi connectivity index (χ4v) is 3.81. The van der Waals surface area contributed by atoms with E-state index < -0.39 is 23.8 Å². The lowest BCUT2D eigenvalue weighted by atomic mass is 9.94. The van der Waals surface area contributed by atoms with Crippen molar-refractivity contribution in [1.82, 2.24) is 10.6 Å². The molecule has 0 saturated heterocycles. The Bertz CT molecular complexity index is 1090.